The van der Waals surface area contributed by atoms with Crippen molar-refractivity contribution in [2.45, 2.75) is 6.54 Å². The molecule has 0 unspecified atom stereocenters. The minimum Gasteiger partial charge on any atom is -1.00 e. The van der Waals surface area contributed by atoms with E-state index < -0.39 is 0 Å². The molecule has 0 spiro atoms. The molecule has 0 aliphatic heterocycles. The predicted molar refractivity (Wildman–Crippen MR) is 36.6 cm³/mol. The Labute approximate surface area is 82.6 Å². The molecule has 1 rings (SSSR count). The Kier molecular flexibility index (Phi) is 4.54. The highest BCUT2D eigenvalue weighted by Gasteiger charge is 1.96. The second-order valence-electron chi connectivity index (χ2n) is 1.87. The average molecular weight is 261 g/mol. The van der Waals surface area contributed by atoms with E-state index in [1.54, 1.807) is 21.7 Å². The third-order valence-electron chi connectivity index (χ3n) is 1.18. The van der Waals surface area contributed by atoms with Gasteiger partial charge in [0.05, 0.1) is 6.20 Å². The van der Waals surface area contributed by atoms with E-state index in [9.17, 15) is 0 Å². The van der Waals surface area contributed by atoms with E-state index in [1.165, 1.54) is 0 Å². The molecule has 58 valence electrons. The smallest absolute Gasteiger partial charge is 0.249 e. The van der Waals surface area contributed by atoms with Crippen molar-refractivity contribution in [2.24, 2.45) is 0 Å². The Morgan fingerprint density at radius 2 is 2.45 bits per heavy atom. The van der Waals surface area contributed by atoms with E-state index in [-0.39, 0.29) is 24.0 Å². The highest BCUT2D eigenvalue weighted by atomic mass is 127. The first-order valence-electron chi connectivity index (χ1n) is 2.93. The molecule has 3 nitrogen and oxygen atoms in total. The zero-order valence-corrected chi connectivity index (χ0v) is 8.10. The number of imidazole rings is 1. The standard InChI is InChI=1S/C7H8N3.HI/c1-2-9-5-6-10(7-9)4-3-8;/h2,5-7H,1,4H2;1H/q+1;/p-1. The topological polar surface area (TPSA) is 32.6 Å². The molecule has 0 aliphatic rings. The maximum Gasteiger partial charge on any atom is 0.249 e. The summed E-state index contributed by atoms with van der Waals surface area (Å²) in [7, 11) is 0. The van der Waals surface area contributed by atoms with Crippen LogP contribution in [0.25, 0.3) is 6.20 Å². The van der Waals surface area contributed by atoms with Gasteiger partial charge in [-0.05, 0) is 0 Å². The lowest BCUT2D eigenvalue weighted by atomic mass is 10.7. The van der Waals surface area contributed by atoms with Gasteiger partial charge in [-0.2, -0.15) is 5.26 Å². The monoisotopic (exact) mass is 261 g/mol. The number of halogens is 1. The molecule has 0 aliphatic carbocycles. The minimum atomic E-state index is 0. The van der Waals surface area contributed by atoms with Gasteiger partial charge in [0.15, 0.2) is 6.54 Å². The fourth-order valence-corrected chi connectivity index (χ4v) is 0.694. The summed E-state index contributed by atoms with van der Waals surface area (Å²) in [5.74, 6) is 0. The Balaban J connectivity index is 0.000001000. The molecule has 0 atom stereocenters. The fraction of sp³-hybridized carbons (Fsp3) is 0.143. The van der Waals surface area contributed by atoms with Crippen LogP contribution < -0.4 is 28.5 Å². The molecule has 4 heteroatoms. The summed E-state index contributed by atoms with van der Waals surface area (Å²) in [5.41, 5.74) is 0. The predicted octanol–water partition coefficient (Wildman–Crippen LogP) is -2.60. The maximum atomic E-state index is 8.30. The van der Waals surface area contributed by atoms with Crippen molar-refractivity contribution >= 4 is 6.20 Å². The molecule has 0 bridgehead atoms. The molecule has 1 aromatic heterocycles. The number of hydrogen-bond acceptors (Lipinski definition) is 1. The van der Waals surface area contributed by atoms with Gasteiger partial charge in [-0.15, -0.1) is 0 Å². The van der Waals surface area contributed by atoms with Crippen molar-refractivity contribution in [3.05, 3.63) is 25.3 Å². The van der Waals surface area contributed by atoms with Crippen LogP contribution in [0.3, 0.4) is 0 Å². The van der Waals surface area contributed by atoms with Gasteiger partial charge in [0.25, 0.3) is 0 Å². The third kappa shape index (κ3) is 2.72. The van der Waals surface area contributed by atoms with Crippen LogP contribution in [-0.4, -0.2) is 4.57 Å². The molecule has 1 heterocycles. The zero-order valence-electron chi connectivity index (χ0n) is 5.94. The van der Waals surface area contributed by atoms with Crippen molar-refractivity contribution in [1.82, 2.24) is 4.57 Å². The van der Waals surface area contributed by atoms with Gasteiger partial charge < -0.3 is 24.0 Å². The Bertz CT molecular complexity index is 271. The molecule has 11 heavy (non-hydrogen) atoms. The summed E-state index contributed by atoms with van der Waals surface area (Å²) in [6.45, 7) is 3.96. The van der Waals surface area contributed by atoms with Gasteiger partial charge in [-0.25, -0.2) is 9.13 Å². The summed E-state index contributed by atoms with van der Waals surface area (Å²) < 4.78 is 3.57. The summed E-state index contributed by atoms with van der Waals surface area (Å²) in [6.07, 6.45) is 7.14. The number of nitrogens with zero attached hydrogens (tertiary/aromatic N) is 3. The number of rotatable bonds is 2. The van der Waals surface area contributed by atoms with Crippen molar-refractivity contribution in [1.29, 1.82) is 5.26 Å². The Hall–Kier alpha value is -0.830. The van der Waals surface area contributed by atoms with Crippen LogP contribution in [0, 0.1) is 11.3 Å². The normalized spacial score (nSPS) is 7.91. The van der Waals surface area contributed by atoms with E-state index in [0.29, 0.717) is 6.54 Å². The lowest BCUT2D eigenvalue weighted by Gasteiger charge is -1.80. The first-order valence-corrected chi connectivity index (χ1v) is 2.93. The molecule has 0 saturated carbocycles. The molecule has 0 aromatic carbocycles. The van der Waals surface area contributed by atoms with E-state index in [1.807, 2.05) is 18.5 Å². The van der Waals surface area contributed by atoms with E-state index in [2.05, 4.69) is 6.58 Å². The number of hydrogen-bond donors (Lipinski definition) is 0. The molecular weight excluding hydrogens is 253 g/mol. The molecule has 0 amide bonds. The quantitative estimate of drug-likeness (QED) is 0.424. The van der Waals surface area contributed by atoms with Crippen molar-refractivity contribution < 1.29 is 28.5 Å². The molecular formula is C7H8IN3. The van der Waals surface area contributed by atoms with Crippen molar-refractivity contribution in [2.75, 3.05) is 0 Å². The Morgan fingerprint density at radius 1 is 1.73 bits per heavy atom. The van der Waals surface area contributed by atoms with Gasteiger partial charge >= 0.3 is 0 Å². The van der Waals surface area contributed by atoms with E-state index in [4.69, 9.17) is 5.26 Å². The minimum absolute atomic E-state index is 0. The Morgan fingerprint density at radius 3 is 2.91 bits per heavy atom. The molecule has 1 aromatic rings. The fourth-order valence-electron chi connectivity index (χ4n) is 0.694. The van der Waals surface area contributed by atoms with Crippen molar-refractivity contribution in [3.63, 3.8) is 0 Å². The highest BCUT2D eigenvalue weighted by molar-refractivity contribution is 5.13. The van der Waals surface area contributed by atoms with Gasteiger partial charge in [-0.1, -0.05) is 6.58 Å². The average Bonchev–Trinajstić information content (AvgIpc) is 2.37. The van der Waals surface area contributed by atoms with Crippen LogP contribution in [0.2, 0.25) is 0 Å². The van der Waals surface area contributed by atoms with Gasteiger partial charge in [0, 0.05) is 0 Å². The molecule has 0 N–H and O–H groups in total. The first kappa shape index (κ1) is 10.2. The van der Waals surface area contributed by atoms with Gasteiger partial charge in [0.1, 0.15) is 18.5 Å². The summed E-state index contributed by atoms with van der Waals surface area (Å²) in [6, 6.07) is 2.04. The lowest BCUT2D eigenvalue weighted by molar-refractivity contribution is -0.684. The lowest BCUT2D eigenvalue weighted by Crippen LogP contribution is -3.00. The second kappa shape index (κ2) is 4.91. The van der Waals surface area contributed by atoms with E-state index in [0.717, 1.165) is 0 Å². The SMILES string of the molecule is C=Cn1cc[n+](CC#N)c1.[I-]. The first-order chi connectivity index (χ1) is 4.86. The van der Waals surface area contributed by atoms with E-state index >= 15 is 0 Å². The summed E-state index contributed by atoms with van der Waals surface area (Å²) in [4.78, 5) is 0. The second-order valence-corrected chi connectivity index (χ2v) is 1.87. The maximum absolute atomic E-state index is 8.30. The van der Waals surface area contributed by atoms with Gasteiger partial charge in [0.2, 0.25) is 6.33 Å². The third-order valence-corrected chi connectivity index (χ3v) is 1.18. The van der Waals surface area contributed by atoms with Crippen LogP contribution in [-0.2, 0) is 6.54 Å². The van der Waals surface area contributed by atoms with Crippen molar-refractivity contribution in [3.8, 4) is 6.07 Å². The highest BCUT2D eigenvalue weighted by Crippen LogP contribution is 1.81. The van der Waals surface area contributed by atoms with Crippen LogP contribution in [0.1, 0.15) is 0 Å². The van der Waals surface area contributed by atoms with Crippen LogP contribution >= 0.6 is 0 Å². The zero-order chi connectivity index (χ0) is 7.40. The van der Waals surface area contributed by atoms with Crippen LogP contribution in [0.4, 0.5) is 0 Å². The number of aromatic nitrogens is 2. The van der Waals surface area contributed by atoms with Gasteiger partial charge in [-0.3, -0.25) is 0 Å². The summed E-state index contributed by atoms with van der Waals surface area (Å²) in [5, 5.41) is 8.30. The van der Waals surface area contributed by atoms with Crippen LogP contribution in [0.5, 0.6) is 0 Å². The molecule has 0 radical (unpaired) electrons. The van der Waals surface area contributed by atoms with Crippen LogP contribution in [0.15, 0.2) is 25.3 Å². The largest absolute Gasteiger partial charge is 1.00 e. The summed E-state index contributed by atoms with van der Waals surface area (Å²) >= 11 is 0. The molecule has 0 fully saturated rings. The number of nitriles is 1. The molecule has 0 saturated heterocycles.